The van der Waals surface area contributed by atoms with Gasteiger partial charge in [-0.3, -0.25) is 10.1 Å². The maximum absolute atomic E-state index is 12.4. The van der Waals surface area contributed by atoms with Gasteiger partial charge in [-0.25, -0.2) is 0 Å². The molecule has 3 aliphatic carbocycles. The van der Waals surface area contributed by atoms with Crippen molar-refractivity contribution in [1.82, 2.24) is 0 Å². The number of hydrogen-bond donors (Lipinski definition) is 1. The van der Waals surface area contributed by atoms with Gasteiger partial charge in [-0.2, -0.15) is 8.78 Å². The highest BCUT2D eigenvalue weighted by molar-refractivity contribution is 5.59. The Kier molecular flexibility index (Phi) is 2.99. The molecule has 0 heterocycles. The zero-order valence-electron chi connectivity index (χ0n) is 11.7. The summed E-state index contributed by atoms with van der Waals surface area (Å²) in [6, 6.07) is 4.46. The van der Waals surface area contributed by atoms with E-state index in [1.54, 1.807) is 6.07 Å². The van der Waals surface area contributed by atoms with Gasteiger partial charge >= 0.3 is 12.3 Å². The normalized spacial score (nSPS) is 34.6. The van der Waals surface area contributed by atoms with E-state index in [1.807, 2.05) is 0 Å². The van der Waals surface area contributed by atoms with E-state index in [2.05, 4.69) is 10.1 Å². The van der Waals surface area contributed by atoms with E-state index in [-0.39, 0.29) is 0 Å². The Morgan fingerprint density at radius 1 is 1.27 bits per heavy atom. The number of benzene rings is 1. The number of rotatable bonds is 5. The summed E-state index contributed by atoms with van der Waals surface area (Å²) in [5.41, 5.74) is 0.168. The number of halogens is 2. The summed E-state index contributed by atoms with van der Waals surface area (Å²) in [6.07, 6.45) is 3.92. The number of nitro groups is 1. The molecule has 4 unspecified atom stereocenters. The predicted octanol–water partition coefficient (Wildman–Crippen LogP) is 3.65. The molecule has 0 aromatic heterocycles. The third kappa shape index (κ3) is 2.10. The fraction of sp³-hybridized carbons (Fsp3) is 0.600. The molecule has 4 rings (SSSR count). The number of ether oxygens (including phenoxy) is 1. The molecule has 0 amide bonds. The lowest BCUT2D eigenvalue weighted by Crippen LogP contribution is -2.13. The van der Waals surface area contributed by atoms with Crippen molar-refractivity contribution in [3.63, 3.8) is 0 Å². The molecule has 0 saturated heterocycles. The second-order valence-electron chi connectivity index (χ2n) is 6.48. The smallest absolute Gasteiger partial charge is 0.387 e. The topological polar surface area (TPSA) is 64.4 Å². The maximum atomic E-state index is 12.4. The van der Waals surface area contributed by atoms with E-state index < -0.39 is 23.0 Å². The van der Waals surface area contributed by atoms with Gasteiger partial charge in [0.05, 0.1) is 4.92 Å². The molecule has 0 spiro atoms. The molecule has 0 radical (unpaired) electrons. The molecule has 1 aromatic carbocycles. The van der Waals surface area contributed by atoms with Crippen molar-refractivity contribution in [1.29, 1.82) is 0 Å². The minimum Gasteiger partial charge on any atom is -0.427 e. The third-order valence-corrected chi connectivity index (χ3v) is 5.44. The molecule has 5 nitrogen and oxygen atoms in total. The minimum atomic E-state index is -3.08. The second kappa shape index (κ2) is 4.79. The lowest BCUT2D eigenvalue weighted by atomic mass is 10.0. The highest BCUT2D eigenvalue weighted by Gasteiger charge is 2.65. The van der Waals surface area contributed by atoms with Crippen molar-refractivity contribution in [3.05, 3.63) is 28.3 Å². The van der Waals surface area contributed by atoms with E-state index in [9.17, 15) is 18.9 Å². The standard InChI is InChI=1S/C15H16F2N2O3/c16-15(17)22-11-6-9(3-4-10(11)19(20)21)18-14-12-7-1-2-8(5-7)13(12)14/h3-4,6-8,12-15,18H,1-2,5H2. The fourth-order valence-electron chi connectivity index (χ4n) is 4.66. The minimum absolute atomic E-state index is 0.382. The first kappa shape index (κ1) is 13.7. The van der Waals surface area contributed by atoms with Gasteiger partial charge in [-0.15, -0.1) is 0 Å². The summed E-state index contributed by atoms with van der Waals surface area (Å²) >= 11 is 0. The predicted molar refractivity (Wildman–Crippen MR) is 75.0 cm³/mol. The molecule has 7 heteroatoms. The van der Waals surface area contributed by atoms with Crippen LogP contribution in [0.4, 0.5) is 20.2 Å². The average Bonchev–Trinajstić information content (AvgIpc) is 2.84. The van der Waals surface area contributed by atoms with Crippen LogP contribution in [0.15, 0.2) is 18.2 Å². The van der Waals surface area contributed by atoms with Crippen LogP contribution in [0.3, 0.4) is 0 Å². The van der Waals surface area contributed by atoms with Crippen LogP contribution < -0.4 is 10.1 Å². The number of fused-ring (bicyclic) bond motifs is 5. The van der Waals surface area contributed by atoms with Gasteiger partial charge in [-0.05, 0) is 49.0 Å². The van der Waals surface area contributed by atoms with Crippen molar-refractivity contribution < 1.29 is 18.4 Å². The fourth-order valence-corrected chi connectivity index (χ4v) is 4.66. The molecule has 2 bridgehead atoms. The average molecular weight is 310 g/mol. The van der Waals surface area contributed by atoms with Crippen LogP contribution in [0.2, 0.25) is 0 Å². The van der Waals surface area contributed by atoms with Crippen LogP contribution in [0, 0.1) is 33.8 Å². The van der Waals surface area contributed by atoms with Crippen molar-refractivity contribution in [2.45, 2.75) is 31.9 Å². The maximum Gasteiger partial charge on any atom is 0.387 e. The van der Waals surface area contributed by atoms with E-state index >= 15 is 0 Å². The molecule has 4 atom stereocenters. The summed E-state index contributed by atoms with van der Waals surface area (Å²) < 4.78 is 29.1. The third-order valence-electron chi connectivity index (χ3n) is 5.44. The van der Waals surface area contributed by atoms with Crippen molar-refractivity contribution in [2.75, 3.05) is 5.32 Å². The zero-order chi connectivity index (χ0) is 15.4. The van der Waals surface area contributed by atoms with Gasteiger partial charge in [0.15, 0.2) is 0 Å². The Bertz CT molecular complexity index is 609. The van der Waals surface area contributed by atoms with Gasteiger partial charge in [-0.1, -0.05) is 0 Å². The number of nitro benzene ring substituents is 1. The number of alkyl halides is 2. The van der Waals surface area contributed by atoms with E-state index in [4.69, 9.17) is 0 Å². The summed E-state index contributed by atoms with van der Waals surface area (Å²) in [7, 11) is 0. The number of hydrogen-bond acceptors (Lipinski definition) is 4. The molecule has 3 fully saturated rings. The van der Waals surface area contributed by atoms with Crippen LogP contribution in [0.25, 0.3) is 0 Å². The molecular weight excluding hydrogens is 294 g/mol. The highest BCUT2D eigenvalue weighted by Crippen LogP contribution is 2.66. The van der Waals surface area contributed by atoms with Crippen molar-refractivity contribution in [2.24, 2.45) is 23.7 Å². The molecule has 3 aliphatic rings. The van der Waals surface area contributed by atoms with Gasteiger partial charge < -0.3 is 10.1 Å². The Morgan fingerprint density at radius 2 is 1.95 bits per heavy atom. The monoisotopic (exact) mass is 310 g/mol. The molecule has 22 heavy (non-hydrogen) atoms. The zero-order valence-corrected chi connectivity index (χ0v) is 11.7. The molecule has 0 aliphatic heterocycles. The Morgan fingerprint density at radius 3 is 2.55 bits per heavy atom. The quantitative estimate of drug-likeness (QED) is 0.666. The van der Waals surface area contributed by atoms with Gasteiger partial charge in [0.25, 0.3) is 0 Å². The molecule has 118 valence electrons. The van der Waals surface area contributed by atoms with E-state index in [0.29, 0.717) is 23.6 Å². The van der Waals surface area contributed by atoms with Gasteiger partial charge in [0.1, 0.15) is 0 Å². The Labute approximate surface area is 125 Å². The van der Waals surface area contributed by atoms with Crippen LogP contribution in [-0.4, -0.2) is 17.6 Å². The number of nitrogens with zero attached hydrogens (tertiary/aromatic N) is 1. The van der Waals surface area contributed by atoms with E-state index in [0.717, 1.165) is 11.8 Å². The van der Waals surface area contributed by atoms with Gasteiger partial charge in [0, 0.05) is 23.9 Å². The second-order valence-corrected chi connectivity index (χ2v) is 6.48. The lowest BCUT2D eigenvalue weighted by molar-refractivity contribution is -0.386. The summed E-state index contributed by atoms with van der Waals surface area (Å²) in [5.74, 6) is 2.57. The summed E-state index contributed by atoms with van der Waals surface area (Å²) in [6.45, 7) is -3.08. The molecule has 3 saturated carbocycles. The first-order chi connectivity index (χ1) is 10.5. The Hall–Kier alpha value is -1.92. The molecule has 1 aromatic rings. The van der Waals surface area contributed by atoms with Crippen molar-refractivity contribution >= 4 is 11.4 Å². The van der Waals surface area contributed by atoms with Crippen LogP contribution in [-0.2, 0) is 0 Å². The number of nitrogens with one attached hydrogen (secondary N) is 1. The number of anilines is 1. The van der Waals surface area contributed by atoms with Crippen molar-refractivity contribution in [3.8, 4) is 5.75 Å². The first-order valence-electron chi connectivity index (χ1n) is 7.54. The van der Waals surface area contributed by atoms with Crippen LogP contribution >= 0.6 is 0 Å². The van der Waals surface area contributed by atoms with Gasteiger partial charge in [0.2, 0.25) is 5.75 Å². The Balaban J connectivity index is 1.52. The largest absolute Gasteiger partial charge is 0.427 e. The lowest BCUT2D eigenvalue weighted by Gasteiger charge is -2.13. The van der Waals surface area contributed by atoms with Crippen LogP contribution in [0.5, 0.6) is 5.75 Å². The molecule has 1 N–H and O–H groups in total. The van der Waals surface area contributed by atoms with E-state index in [1.165, 1.54) is 31.4 Å². The first-order valence-corrected chi connectivity index (χ1v) is 7.54. The highest BCUT2D eigenvalue weighted by atomic mass is 19.3. The van der Waals surface area contributed by atoms with Crippen LogP contribution in [0.1, 0.15) is 19.3 Å². The summed E-state index contributed by atoms with van der Waals surface area (Å²) in [5, 5.41) is 14.2. The molecular formula is C15H16F2N2O3. The SMILES string of the molecule is O=[N+]([O-])c1ccc(NC2C3C4CCC(C4)C23)cc1OC(F)F. The summed E-state index contributed by atoms with van der Waals surface area (Å²) in [4.78, 5) is 10.1.